The summed E-state index contributed by atoms with van der Waals surface area (Å²) in [6, 6.07) is 9.34. The van der Waals surface area contributed by atoms with Crippen LogP contribution in [0.15, 0.2) is 45.9 Å². The van der Waals surface area contributed by atoms with E-state index >= 15 is 0 Å². The summed E-state index contributed by atoms with van der Waals surface area (Å²) in [7, 11) is 0. The molecule has 5 nitrogen and oxygen atoms in total. The van der Waals surface area contributed by atoms with E-state index in [1.165, 1.54) is 18.7 Å². The Labute approximate surface area is 133 Å². The molecule has 0 radical (unpaired) electrons. The fourth-order valence-corrected chi connectivity index (χ4v) is 2.69. The van der Waals surface area contributed by atoms with Crippen molar-refractivity contribution in [3.63, 3.8) is 0 Å². The average molecular weight is 318 g/mol. The van der Waals surface area contributed by atoms with Gasteiger partial charge in [0.1, 0.15) is 0 Å². The molecule has 0 bridgehead atoms. The summed E-state index contributed by atoms with van der Waals surface area (Å²) in [4.78, 5) is 28.1. The second-order valence-electron chi connectivity index (χ2n) is 4.73. The molecular weight excluding hydrogens is 300 g/mol. The van der Waals surface area contributed by atoms with E-state index in [2.05, 4.69) is 10.3 Å². The lowest BCUT2D eigenvalue weighted by molar-refractivity contribution is -0.130. The van der Waals surface area contributed by atoms with Crippen LogP contribution in [-0.4, -0.2) is 30.6 Å². The van der Waals surface area contributed by atoms with Gasteiger partial charge in [0.15, 0.2) is 5.70 Å². The number of aliphatic imine (C=N–C) groups is 1. The third kappa shape index (κ3) is 4.21. The summed E-state index contributed by atoms with van der Waals surface area (Å²) in [5.74, 6) is -0.125. The Hall–Kier alpha value is -2.08. The van der Waals surface area contributed by atoms with E-state index in [0.717, 1.165) is 16.9 Å². The van der Waals surface area contributed by atoms with E-state index in [-0.39, 0.29) is 5.91 Å². The van der Waals surface area contributed by atoms with Gasteiger partial charge >= 0.3 is 5.97 Å². The number of carbonyl (C=O) groups excluding carboxylic acids is 2. The van der Waals surface area contributed by atoms with Gasteiger partial charge in [-0.1, -0.05) is 18.2 Å². The van der Waals surface area contributed by atoms with Crippen molar-refractivity contribution in [3.8, 4) is 0 Å². The van der Waals surface area contributed by atoms with Crippen LogP contribution in [0.25, 0.3) is 0 Å². The number of cyclic esters (lactones) is 1. The van der Waals surface area contributed by atoms with Crippen LogP contribution in [0, 0.1) is 0 Å². The van der Waals surface area contributed by atoms with Crippen molar-refractivity contribution in [2.45, 2.75) is 19.8 Å². The predicted octanol–water partition coefficient (Wildman–Crippen LogP) is 2.48. The molecule has 1 aromatic carbocycles. The van der Waals surface area contributed by atoms with Crippen molar-refractivity contribution in [1.29, 1.82) is 0 Å². The minimum absolute atomic E-state index is 0.0528. The molecule has 0 spiro atoms. The number of rotatable bonds is 6. The first kappa shape index (κ1) is 16.3. The molecule has 1 N–H and O–H groups in total. The van der Waals surface area contributed by atoms with Crippen LogP contribution in [0.5, 0.6) is 0 Å². The van der Waals surface area contributed by atoms with Gasteiger partial charge in [-0.3, -0.25) is 4.79 Å². The van der Waals surface area contributed by atoms with Crippen LogP contribution in [-0.2, 0) is 14.3 Å². The van der Waals surface area contributed by atoms with Gasteiger partial charge in [-0.25, -0.2) is 9.79 Å². The Balaban J connectivity index is 2.11. The Morgan fingerprint density at radius 2 is 2.05 bits per heavy atom. The molecule has 0 aromatic heterocycles. The molecule has 22 heavy (non-hydrogen) atoms. The van der Waals surface area contributed by atoms with Crippen LogP contribution in [0.1, 0.15) is 25.3 Å². The highest BCUT2D eigenvalue weighted by Crippen LogP contribution is 2.28. The molecule has 0 fully saturated rings. The summed E-state index contributed by atoms with van der Waals surface area (Å²) >= 11 is 1.49. The molecule has 1 heterocycles. The molecule has 0 saturated heterocycles. The fourth-order valence-electron chi connectivity index (χ4n) is 2.02. The minimum atomic E-state index is -0.414. The van der Waals surface area contributed by atoms with Crippen molar-refractivity contribution in [2.24, 2.45) is 4.99 Å². The number of esters is 1. The molecular formula is C16H18N2O3S. The number of thioether (sulfide) groups is 1. The molecule has 0 unspecified atom stereocenters. The Bertz CT molecular complexity index is 624. The number of carbonyl (C=O) groups is 2. The topological polar surface area (TPSA) is 67.8 Å². The highest BCUT2D eigenvalue weighted by molar-refractivity contribution is 8.02. The average Bonchev–Trinajstić information content (AvgIpc) is 2.90. The van der Waals surface area contributed by atoms with Crippen LogP contribution >= 0.6 is 11.8 Å². The zero-order chi connectivity index (χ0) is 15.9. The first-order chi connectivity index (χ1) is 10.6. The minimum Gasteiger partial charge on any atom is -0.402 e. The highest BCUT2D eigenvalue weighted by Gasteiger charge is 2.26. The predicted molar refractivity (Wildman–Crippen MR) is 87.5 cm³/mol. The first-order valence-electron chi connectivity index (χ1n) is 6.99. The Morgan fingerprint density at radius 3 is 2.68 bits per heavy atom. The van der Waals surface area contributed by atoms with Gasteiger partial charge in [-0.15, -0.1) is 11.8 Å². The molecule has 1 aliphatic heterocycles. The van der Waals surface area contributed by atoms with Gasteiger partial charge < -0.3 is 10.1 Å². The SMILES string of the molecule is CS/C(CCCNC(C)=O)=C1\N=C(c2ccccc2)OC1=O. The van der Waals surface area contributed by atoms with Crippen LogP contribution in [0.2, 0.25) is 0 Å². The smallest absolute Gasteiger partial charge is 0.364 e. The number of amides is 1. The molecule has 0 saturated carbocycles. The summed E-state index contributed by atoms with van der Waals surface area (Å²) in [5, 5.41) is 2.74. The van der Waals surface area contributed by atoms with E-state index in [1.807, 2.05) is 36.6 Å². The number of benzene rings is 1. The van der Waals surface area contributed by atoms with Gasteiger partial charge in [-0.2, -0.15) is 0 Å². The largest absolute Gasteiger partial charge is 0.402 e. The summed E-state index contributed by atoms with van der Waals surface area (Å²) in [6.07, 6.45) is 3.34. The zero-order valence-corrected chi connectivity index (χ0v) is 13.4. The first-order valence-corrected chi connectivity index (χ1v) is 8.22. The van der Waals surface area contributed by atoms with E-state index < -0.39 is 5.97 Å². The number of ether oxygens (including phenoxy) is 1. The van der Waals surface area contributed by atoms with E-state index in [0.29, 0.717) is 24.6 Å². The number of hydrogen-bond acceptors (Lipinski definition) is 5. The second kappa shape index (κ2) is 7.79. The third-order valence-corrected chi connectivity index (χ3v) is 3.97. The van der Waals surface area contributed by atoms with Crippen molar-refractivity contribution in [2.75, 3.05) is 12.8 Å². The maximum Gasteiger partial charge on any atom is 0.364 e. The van der Waals surface area contributed by atoms with Gasteiger partial charge in [0.25, 0.3) is 0 Å². The monoisotopic (exact) mass is 318 g/mol. The third-order valence-electron chi connectivity index (χ3n) is 3.08. The number of nitrogens with one attached hydrogen (secondary N) is 1. The van der Waals surface area contributed by atoms with E-state index in [9.17, 15) is 9.59 Å². The lowest BCUT2D eigenvalue weighted by atomic mass is 10.2. The van der Waals surface area contributed by atoms with Crippen LogP contribution in [0.4, 0.5) is 0 Å². The molecule has 0 aliphatic carbocycles. The molecule has 1 amide bonds. The lowest BCUT2D eigenvalue weighted by Crippen LogP contribution is -2.20. The molecule has 1 aromatic rings. The van der Waals surface area contributed by atoms with Crippen molar-refractivity contribution in [1.82, 2.24) is 5.32 Å². The molecule has 2 rings (SSSR count). The number of nitrogens with zero attached hydrogens (tertiary/aromatic N) is 1. The quantitative estimate of drug-likeness (QED) is 0.497. The van der Waals surface area contributed by atoms with Crippen molar-refractivity contribution >= 4 is 29.5 Å². The Kier molecular flexibility index (Phi) is 5.77. The normalized spacial score (nSPS) is 16.1. The summed E-state index contributed by atoms with van der Waals surface area (Å²) in [6.45, 7) is 2.07. The van der Waals surface area contributed by atoms with Gasteiger partial charge in [-0.05, 0) is 31.2 Å². The van der Waals surface area contributed by atoms with E-state index in [1.54, 1.807) is 0 Å². The van der Waals surface area contributed by atoms with Gasteiger partial charge in [0.2, 0.25) is 11.8 Å². The number of allylic oxidation sites excluding steroid dienone is 1. The maximum atomic E-state index is 12.0. The summed E-state index contributed by atoms with van der Waals surface area (Å²) < 4.78 is 5.26. The standard InChI is InChI=1S/C16H18N2O3S/c1-11(19)17-10-6-9-13(22-2)14-16(20)21-15(18-14)12-7-4-3-5-8-12/h3-5,7-8H,6,9-10H2,1-2H3,(H,17,19)/b14-13-. The molecule has 1 aliphatic rings. The molecule has 6 heteroatoms. The Morgan fingerprint density at radius 1 is 1.32 bits per heavy atom. The van der Waals surface area contributed by atoms with E-state index in [4.69, 9.17) is 4.74 Å². The summed E-state index contributed by atoms with van der Waals surface area (Å²) in [5.41, 5.74) is 1.15. The van der Waals surface area contributed by atoms with Crippen LogP contribution in [0.3, 0.4) is 0 Å². The van der Waals surface area contributed by atoms with Crippen LogP contribution < -0.4 is 5.32 Å². The van der Waals surface area contributed by atoms with Crippen molar-refractivity contribution in [3.05, 3.63) is 46.5 Å². The van der Waals surface area contributed by atoms with Gasteiger partial charge in [0.05, 0.1) is 0 Å². The maximum absolute atomic E-state index is 12.0. The molecule has 116 valence electrons. The fraction of sp³-hybridized carbons (Fsp3) is 0.312. The van der Waals surface area contributed by atoms with Gasteiger partial charge in [0, 0.05) is 23.9 Å². The highest BCUT2D eigenvalue weighted by atomic mass is 32.2. The lowest BCUT2D eigenvalue weighted by Gasteiger charge is -2.05. The number of hydrogen-bond donors (Lipinski definition) is 1. The zero-order valence-electron chi connectivity index (χ0n) is 12.6. The van der Waals surface area contributed by atoms with Crippen molar-refractivity contribution < 1.29 is 14.3 Å². The second-order valence-corrected chi connectivity index (χ2v) is 5.64. The molecule has 0 atom stereocenters.